The van der Waals surface area contributed by atoms with Crippen LogP contribution in [0.2, 0.25) is 0 Å². The summed E-state index contributed by atoms with van der Waals surface area (Å²) < 4.78 is 13.8. The van der Waals surface area contributed by atoms with Gasteiger partial charge >= 0.3 is 0 Å². The van der Waals surface area contributed by atoms with E-state index in [1.54, 1.807) is 6.07 Å². The average Bonchev–Trinajstić information content (AvgIpc) is 2.23. The van der Waals surface area contributed by atoms with E-state index in [-0.39, 0.29) is 11.9 Å². The van der Waals surface area contributed by atoms with Crippen molar-refractivity contribution >= 4 is 15.9 Å². The zero-order chi connectivity index (χ0) is 11.4. The lowest BCUT2D eigenvalue weighted by atomic mass is 9.93. The van der Waals surface area contributed by atoms with Crippen molar-refractivity contribution in [1.29, 1.82) is 0 Å². The van der Waals surface area contributed by atoms with Gasteiger partial charge in [0.15, 0.2) is 0 Å². The number of nitrogens with two attached hydrogens (primary N) is 1. The molecule has 84 valence electrons. The molecule has 2 unspecified atom stereocenters. The fourth-order valence-corrected chi connectivity index (χ4v) is 2.03. The molecule has 15 heavy (non-hydrogen) atoms. The molecule has 1 nitrogen and oxygen atoms in total. The first-order chi connectivity index (χ1) is 7.06. The molecule has 3 heteroatoms. The van der Waals surface area contributed by atoms with Crippen LogP contribution in [0, 0.1) is 11.7 Å². The largest absolute Gasteiger partial charge is 0.327 e. The van der Waals surface area contributed by atoms with Crippen LogP contribution in [0.4, 0.5) is 4.39 Å². The quantitative estimate of drug-likeness (QED) is 0.893. The van der Waals surface area contributed by atoms with Crippen LogP contribution >= 0.6 is 15.9 Å². The summed E-state index contributed by atoms with van der Waals surface area (Å²) in [5.41, 5.74) is 6.94. The predicted octanol–water partition coefficient (Wildman–Crippen LogP) is 3.50. The lowest BCUT2D eigenvalue weighted by Gasteiger charge is -2.18. The topological polar surface area (TPSA) is 26.0 Å². The Balaban J connectivity index is 2.76. The Morgan fingerprint density at radius 3 is 2.73 bits per heavy atom. The first-order valence-corrected chi connectivity index (χ1v) is 6.04. The Kier molecular flexibility index (Phi) is 4.74. The van der Waals surface area contributed by atoms with Gasteiger partial charge in [-0.25, -0.2) is 4.39 Å². The van der Waals surface area contributed by atoms with Gasteiger partial charge in [0.25, 0.3) is 0 Å². The lowest BCUT2D eigenvalue weighted by molar-refractivity contribution is 0.440. The minimum Gasteiger partial charge on any atom is -0.327 e. The third kappa shape index (κ3) is 3.28. The summed E-state index contributed by atoms with van der Waals surface area (Å²) in [6.45, 7) is 4.17. The molecule has 0 saturated carbocycles. The van der Waals surface area contributed by atoms with E-state index >= 15 is 0 Å². The first-order valence-electron chi connectivity index (χ1n) is 5.24. The fraction of sp³-hybridized carbons (Fsp3) is 0.500. The van der Waals surface area contributed by atoms with Crippen molar-refractivity contribution in [3.8, 4) is 0 Å². The maximum atomic E-state index is 13.2. The van der Waals surface area contributed by atoms with Crippen molar-refractivity contribution in [3.05, 3.63) is 34.1 Å². The normalized spacial score (nSPS) is 15.0. The van der Waals surface area contributed by atoms with Gasteiger partial charge in [0, 0.05) is 6.04 Å². The second-order valence-corrected chi connectivity index (χ2v) is 4.76. The maximum absolute atomic E-state index is 13.2. The summed E-state index contributed by atoms with van der Waals surface area (Å²) in [4.78, 5) is 0. The van der Waals surface area contributed by atoms with E-state index in [9.17, 15) is 4.39 Å². The minimum absolute atomic E-state index is 0.181. The molecule has 0 aliphatic heterocycles. The van der Waals surface area contributed by atoms with Gasteiger partial charge in [0.2, 0.25) is 0 Å². The van der Waals surface area contributed by atoms with Gasteiger partial charge in [-0.1, -0.05) is 26.0 Å². The number of hydrogen-bond acceptors (Lipinski definition) is 1. The van der Waals surface area contributed by atoms with E-state index < -0.39 is 0 Å². The van der Waals surface area contributed by atoms with Crippen molar-refractivity contribution in [2.24, 2.45) is 11.7 Å². The van der Waals surface area contributed by atoms with Gasteiger partial charge in [0.05, 0.1) is 4.47 Å². The van der Waals surface area contributed by atoms with Crippen LogP contribution in [0.15, 0.2) is 22.7 Å². The van der Waals surface area contributed by atoms with Gasteiger partial charge < -0.3 is 5.73 Å². The van der Waals surface area contributed by atoms with E-state index in [0.717, 1.165) is 18.4 Å². The van der Waals surface area contributed by atoms with Crippen molar-refractivity contribution in [1.82, 2.24) is 0 Å². The molecular formula is C12H17BrFN. The maximum Gasteiger partial charge on any atom is 0.137 e. The Hall–Kier alpha value is -0.410. The van der Waals surface area contributed by atoms with E-state index in [1.165, 1.54) is 6.07 Å². The molecule has 0 radical (unpaired) electrons. The summed E-state index contributed by atoms with van der Waals surface area (Å²) in [7, 11) is 0. The minimum atomic E-state index is -0.204. The summed E-state index contributed by atoms with van der Waals surface area (Å²) in [6.07, 6.45) is 1.77. The Labute approximate surface area is 99.0 Å². The molecule has 2 N–H and O–H groups in total. The summed E-state index contributed by atoms with van der Waals surface area (Å²) in [5, 5.41) is 0. The van der Waals surface area contributed by atoms with E-state index in [2.05, 4.69) is 29.8 Å². The van der Waals surface area contributed by atoms with Crippen molar-refractivity contribution < 1.29 is 4.39 Å². The van der Waals surface area contributed by atoms with E-state index in [0.29, 0.717) is 10.4 Å². The highest BCUT2D eigenvalue weighted by Gasteiger charge is 2.14. The van der Waals surface area contributed by atoms with Gasteiger partial charge in [-0.15, -0.1) is 0 Å². The summed E-state index contributed by atoms with van der Waals surface area (Å²) in [5.74, 6) is 0.165. The van der Waals surface area contributed by atoms with Crippen LogP contribution in [0.5, 0.6) is 0 Å². The van der Waals surface area contributed by atoms with Crippen LogP contribution in [0.3, 0.4) is 0 Å². The number of halogens is 2. The lowest BCUT2D eigenvalue weighted by Crippen LogP contribution is -2.28. The van der Waals surface area contributed by atoms with Crippen LogP contribution in [0.25, 0.3) is 0 Å². The van der Waals surface area contributed by atoms with Crippen molar-refractivity contribution in [2.45, 2.75) is 32.7 Å². The van der Waals surface area contributed by atoms with Gasteiger partial charge in [0.1, 0.15) is 5.82 Å². The highest BCUT2D eigenvalue weighted by Crippen LogP contribution is 2.24. The standard InChI is InChI=1S/C12H17BrFN/c1-3-11(15)8(2)7-9-5-4-6-10(14)12(9)13/h4-6,8,11H,3,7,15H2,1-2H3. The van der Waals surface area contributed by atoms with E-state index in [1.807, 2.05) is 6.07 Å². The monoisotopic (exact) mass is 273 g/mol. The molecule has 0 aliphatic rings. The molecule has 0 fully saturated rings. The smallest absolute Gasteiger partial charge is 0.137 e. The van der Waals surface area contributed by atoms with Crippen LogP contribution < -0.4 is 5.73 Å². The van der Waals surface area contributed by atoms with Gasteiger partial charge in [-0.05, 0) is 46.3 Å². The molecule has 0 amide bonds. The molecule has 0 aromatic heterocycles. The molecule has 0 aliphatic carbocycles. The molecule has 0 saturated heterocycles. The van der Waals surface area contributed by atoms with Crippen molar-refractivity contribution in [2.75, 3.05) is 0 Å². The molecule has 0 spiro atoms. The fourth-order valence-electron chi connectivity index (χ4n) is 1.61. The number of hydrogen-bond donors (Lipinski definition) is 1. The zero-order valence-electron chi connectivity index (χ0n) is 9.13. The third-order valence-electron chi connectivity index (χ3n) is 2.78. The van der Waals surface area contributed by atoms with Crippen molar-refractivity contribution in [3.63, 3.8) is 0 Å². The second kappa shape index (κ2) is 5.61. The molecule has 0 bridgehead atoms. The number of rotatable bonds is 4. The summed E-state index contributed by atoms with van der Waals surface area (Å²) >= 11 is 3.26. The molecule has 1 rings (SSSR count). The second-order valence-electron chi connectivity index (χ2n) is 3.97. The molecular weight excluding hydrogens is 257 g/mol. The summed E-state index contributed by atoms with van der Waals surface area (Å²) in [6, 6.07) is 5.31. The number of benzene rings is 1. The Morgan fingerprint density at radius 1 is 1.47 bits per heavy atom. The SMILES string of the molecule is CCC(N)C(C)Cc1cccc(F)c1Br. The molecule has 0 heterocycles. The van der Waals surface area contributed by atoms with Gasteiger partial charge in [-0.2, -0.15) is 0 Å². The Bertz CT molecular complexity index is 327. The molecule has 2 atom stereocenters. The molecule has 1 aromatic carbocycles. The van der Waals surface area contributed by atoms with Gasteiger partial charge in [-0.3, -0.25) is 0 Å². The van der Waals surface area contributed by atoms with Crippen LogP contribution in [-0.2, 0) is 6.42 Å². The highest BCUT2D eigenvalue weighted by atomic mass is 79.9. The predicted molar refractivity (Wildman–Crippen MR) is 65.2 cm³/mol. The van der Waals surface area contributed by atoms with E-state index in [4.69, 9.17) is 5.73 Å². The zero-order valence-corrected chi connectivity index (χ0v) is 10.7. The first kappa shape index (κ1) is 12.7. The van der Waals surface area contributed by atoms with Crippen LogP contribution in [0.1, 0.15) is 25.8 Å². The average molecular weight is 274 g/mol. The Morgan fingerprint density at radius 2 is 2.13 bits per heavy atom. The third-order valence-corrected chi connectivity index (χ3v) is 3.66. The highest BCUT2D eigenvalue weighted by molar-refractivity contribution is 9.10. The van der Waals surface area contributed by atoms with Crippen LogP contribution in [-0.4, -0.2) is 6.04 Å². The molecule has 1 aromatic rings.